The molecule has 1 aromatic heterocycles. The molecule has 2 aromatic carbocycles. The van der Waals surface area contributed by atoms with E-state index in [-0.39, 0.29) is 0 Å². The second-order valence-corrected chi connectivity index (χ2v) is 6.62. The van der Waals surface area contributed by atoms with Gasteiger partial charge in [-0.3, -0.25) is 5.43 Å². The minimum absolute atomic E-state index is 0.557. The van der Waals surface area contributed by atoms with Crippen LogP contribution in [0.1, 0.15) is 22.3 Å². The lowest BCUT2D eigenvalue weighted by atomic mass is 10.0. The number of pyridine rings is 1. The molecule has 0 unspecified atom stereocenters. The third kappa shape index (κ3) is 3.37. The molecule has 0 radical (unpaired) electrons. The van der Waals surface area contributed by atoms with Crippen LogP contribution in [0.5, 0.6) is 0 Å². The number of benzene rings is 2. The topological polar surface area (TPSA) is 37.3 Å². The van der Waals surface area contributed by atoms with Crippen molar-refractivity contribution in [3.05, 3.63) is 68.7 Å². The third-order valence-electron chi connectivity index (χ3n) is 3.83. The van der Waals surface area contributed by atoms with E-state index < -0.39 is 0 Å². The van der Waals surface area contributed by atoms with Gasteiger partial charge in [0.1, 0.15) is 5.82 Å². The van der Waals surface area contributed by atoms with Crippen molar-refractivity contribution in [2.45, 2.75) is 20.8 Å². The van der Waals surface area contributed by atoms with Gasteiger partial charge < -0.3 is 0 Å². The molecule has 0 saturated heterocycles. The van der Waals surface area contributed by atoms with Crippen molar-refractivity contribution in [1.29, 1.82) is 0 Å². The van der Waals surface area contributed by atoms with Gasteiger partial charge in [-0.15, -0.1) is 0 Å². The number of halogens is 2. The SMILES string of the molecule is Cc1cc(C)c2nc(NN=Cc3c(Cl)cccc3Cl)cc(C)c2c1. The second kappa shape index (κ2) is 6.80. The fourth-order valence-electron chi connectivity index (χ4n) is 2.70. The molecular formula is C19H17Cl2N3. The van der Waals surface area contributed by atoms with Gasteiger partial charge in [0.05, 0.1) is 21.8 Å². The predicted octanol–water partition coefficient (Wildman–Crippen LogP) is 5.91. The van der Waals surface area contributed by atoms with Crippen molar-refractivity contribution in [3.8, 4) is 0 Å². The van der Waals surface area contributed by atoms with Crippen LogP contribution in [0.15, 0.2) is 41.5 Å². The lowest BCUT2D eigenvalue weighted by molar-refractivity contribution is 1.24. The lowest BCUT2D eigenvalue weighted by Crippen LogP contribution is -1.97. The standard InChI is InChI=1S/C19H17Cl2N3/c1-11-7-13(3)19-14(8-11)12(2)9-18(23-19)24-22-10-15-16(20)5-4-6-17(15)21/h4-10H,1-3H3,(H,23,24). The average molecular weight is 358 g/mol. The Hall–Kier alpha value is -2.10. The Bertz CT molecular complexity index is 929. The quantitative estimate of drug-likeness (QED) is 0.467. The Morgan fingerprint density at radius 1 is 1.00 bits per heavy atom. The number of rotatable bonds is 3. The summed E-state index contributed by atoms with van der Waals surface area (Å²) in [4.78, 5) is 4.66. The number of nitrogens with one attached hydrogen (secondary N) is 1. The molecule has 0 aliphatic rings. The molecular weight excluding hydrogens is 341 g/mol. The predicted molar refractivity (Wildman–Crippen MR) is 104 cm³/mol. The molecule has 0 aliphatic heterocycles. The minimum atomic E-state index is 0.557. The van der Waals surface area contributed by atoms with Gasteiger partial charge in [0.25, 0.3) is 0 Å². The summed E-state index contributed by atoms with van der Waals surface area (Å²) in [6.07, 6.45) is 1.61. The van der Waals surface area contributed by atoms with E-state index in [1.165, 1.54) is 5.56 Å². The minimum Gasteiger partial charge on any atom is -0.261 e. The smallest absolute Gasteiger partial charge is 0.147 e. The molecule has 24 heavy (non-hydrogen) atoms. The van der Waals surface area contributed by atoms with E-state index in [0.29, 0.717) is 21.4 Å². The van der Waals surface area contributed by atoms with Crippen molar-refractivity contribution in [2.75, 3.05) is 5.43 Å². The molecule has 0 amide bonds. The van der Waals surface area contributed by atoms with Crippen LogP contribution in [0.25, 0.3) is 10.9 Å². The monoisotopic (exact) mass is 357 g/mol. The molecule has 3 aromatic rings. The molecule has 5 heteroatoms. The highest BCUT2D eigenvalue weighted by molar-refractivity contribution is 6.38. The normalized spacial score (nSPS) is 11.4. The molecule has 0 saturated carbocycles. The molecule has 1 heterocycles. The van der Waals surface area contributed by atoms with Crippen molar-refractivity contribution in [2.24, 2.45) is 5.10 Å². The molecule has 0 aliphatic carbocycles. The summed E-state index contributed by atoms with van der Waals surface area (Å²) in [6, 6.07) is 11.6. The second-order valence-electron chi connectivity index (χ2n) is 5.81. The fourth-order valence-corrected chi connectivity index (χ4v) is 3.19. The number of anilines is 1. The van der Waals surface area contributed by atoms with Crippen LogP contribution in [0.4, 0.5) is 5.82 Å². The van der Waals surface area contributed by atoms with E-state index in [2.05, 4.69) is 48.4 Å². The average Bonchev–Trinajstić information content (AvgIpc) is 2.51. The first kappa shape index (κ1) is 16.7. The maximum atomic E-state index is 6.13. The molecule has 3 rings (SSSR count). The Kier molecular flexibility index (Phi) is 4.74. The zero-order chi connectivity index (χ0) is 17.3. The Balaban J connectivity index is 1.92. The summed E-state index contributed by atoms with van der Waals surface area (Å²) in [6.45, 7) is 6.23. The van der Waals surface area contributed by atoms with Crippen LogP contribution in [0.2, 0.25) is 10.0 Å². The summed E-state index contributed by atoms with van der Waals surface area (Å²) in [5, 5.41) is 6.50. The van der Waals surface area contributed by atoms with Gasteiger partial charge in [-0.25, -0.2) is 4.98 Å². The van der Waals surface area contributed by atoms with Gasteiger partial charge >= 0.3 is 0 Å². The molecule has 0 bridgehead atoms. The van der Waals surface area contributed by atoms with Crippen molar-refractivity contribution >= 4 is 46.1 Å². The zero-order valence-corrected chi connectivity index (χ0v) is 15.2. The summed E-state index contributed by atoms with van der Waals surface area (Å²) in [5.74, 6) is 0.686. The van der Waals surface area contributed by atoms with Gasteiger partial charge in [0, 0.05) is 10.9 Å². The van der Waals surface area contributed by atoms with E-state index in [0.717, 1.165) is 22.0 Å². The van der Waals surface area contributed by atoms with Crippen LogP contribution in [0, 0.1) is 20.8 Å². The van der Waals surface area contributed by atoms with Gasteiger partial charge in [0.15, 0.2) is 0 Å². The van der Waals surface area contributed by atoms with E-state index in [1.807, 2.05) is 6.07 Å². The number of aromatic nitrogens is 1. The Morgan fingerprint density at radius 2 is 1.71 bits per heavy atom. The summed E-state index contributed by atoms with van der Waals surface area (Å²) in [5.41, 5.74) is 8.16. The molecule has 0 atom stereocenters. The highest BCUT2D eigenvalue weighted by Gasteiger charge is 2.06. The fraction of sp³-hybridized carbons (Fsp3) is 0.158. The molecule has 1 N–H and O–H groups in total. The molecule has 0 fully saturated rings. The van der Waals surface area contributed by atoms with Crippen LogP contribution in [-0.4, -0.2) is 11.2 Å². The van der Waals surface area contributed by atoms with Crippen molar-refractivity contribution in [3.63, 3.8) is 0 Å². The summed E-state index contributed by atoms with van der Waals surface area (Å²) >= 11 is 12.3. The lowest BCUT2D eigenvalue weighted by Gasteiger charge is -2.09. The first-order chi connectivity index (χ1) is 11.5. The molecule has 0 spiro atoms. The van der Waals surface area contributed by atoms with E-state index in [9.17, 15) is 0 Å². The maximum Gasteiger partial charge on any atom is 0.147 e. The van der Waals surface area contributed by atoms with E-state index in [1.54, 1.807) is 24.4 Å². The first-order valence-electron chi connectivity index (χ1n) is 7.57. The highest BCUT2D eigenvalue weighted by atomic mass is 35.5. The largest absolute Gasteiger partial charge is 0.261 e. The number of aryl methyl sites for hydroxylation is 3. The van der Waals surface area contributed by atoms with Gasteiger partial charge in [-0.05, 0) is 56.2 Å². The van der Waals surface area contributed by atoms with Crippen molar-refractivity contribution in [1.82, 2.24) is 4.98 Å². The van der Waals surface area contributed by atoms with Crippen molar-refractivity contribution < 1.29 is 0 Å². The number of fused-ring (bicyclic) bond motifs is 1. The highest BCUT2D eigenvalue weighted by Crippen LogP contribution is 2.25. The van der Waals surface area contributed by atoms with E-state index >= 15 is 0 Å². The Labute approximate surface area is 151 Å². The number of hydrogen-bond donors (Lipinski definition) is 1. The number of hydrogen-bond acceptors (Lipinski definition) is 3. The molecule has 3 nitrogen and oxygen atoms in total. The number of nitrogens with zero attached hydrogens (tertiary/aromatic N) is 2. The molecule has 122 valence electrons. The third-order valence-corrected chi connectivity index (χ3v) is 4.49. The van der Waals surface area contributed by atoms with Gasteiger partial charge in [-0.1, -0.05) is 40.9 Å². The van der Waals surface area contributed by atoms with Gasteiger partial charge in [0.2, 0.25) is 0 Å². The van der Waals surface area contributed by atoms with E-state index in [4.69, 9.17) is 23.2 Å². The summed E-state index contributed by atoms with van der Waals surface area (Å²) < 4.78 is 0. The van der Waals surface area contributed by atoms with Crippen LogP contribution in [0.3, 0.4) is 0 Å². The van der Waals surface area contributed by atoms with Crippen LogP contribution >= 0.6 is 23.2 Å². The summed E-state index contributed by atoms with van der Waals surface area (Å²) in [7, 11) is 0. The zero-order valence-electron chi connectivity index (χ0n) is 13.7. The Morgan fingerprint density at radius 3 is 2.42 bits per heavy atom. The number of hydrazone groups is 1. The van der Waals surface area contributed by atoms with Crippen LogP contribution < -0.4 is 5.43 Å². The maximum absolute atomic E-state index is 6.13. The first-order valence-corrected chi connectivity index (χ1v) is 8.33. The van der Waals surface area contributed by atoms with Gasteiger partial charge in [-0.2, -0.15) is 5.10 Å². The van der Waals surface area contributed by atoms with Crippen LogP contribution in [-0.2, 0) is 0 Å².